The van der Waals surface area contributed by atoms with E-state index in [1.165, 1.54) is 12.8 Å². The molecule has 2 atom stereocenters. The molecule has 1 saturated carbocycles. The van der Waals surface area contributed by atoms with E-state index in [1.54, 1.807) is 0 Å². The normalized spacial score (nSPS) is 45.3. The van der Waals surface area contributed by atoms with Crippen molar-refractivity contribution in [2.24, 2.45) is 23.2 Å². The quantitative estimate of drug-likeness (QED) is 0.540. The van der Waals surface area contributed by atoms with E-state index in [0.717, 1.165) is 17.8 Å². The summed E-state index contributed by atoms with van der Waals surface area (Å²) < 4.78 is 0. The van der Waals surface area contributed by atoms with Crippen LogP contribution in [0.5, 0.6) is 0 Å². The van der Waals surface area contributed by atoms with Crippen molar-refractivity contribution in [1.82, 2.24) is 0 Å². The van der Waals surface area contributed by atoms with Crippen LogP contribution in [-0.4, -0.2) is 0 Å². The maximum Gasteiger partial charge on any atom is -0.0298 e. The molecule has 0 aromatic rings. The van der Waals surface area contributed by atoms with Crippen molar-refractivity contribution >= 4 is 0 Å². The second-order valence-electron chi connectivity index (χ2n) is 5.17. The van der Waals surface area contributed by atoms with Crippen molar-refractivity contribution in [3.8, 4) is 0 Å². The van der Waals surface area contributed by atoms with Gasteiger partial charge in [0.25, 0.3) is 0 Å². The monoisotopic (exact) mass is 154 g/mol. The van der Waals surface area contributed by atoms with E-state index in [1.807, 2.05) is 0 Å². The lowest BCUT2D eigenvalue weighted by atomic mass is 9.77. The van der Waals surface area contributed by atoms with Crippen LogP contribution in [0, 0.1) is 23.2 Å². The van der Waals surface area contributed by atoms with Gasteiger partial charge in [-0.1, -0.05) is 34.6 Å². The molecule has 11 heavy (non-hydrogen) atoms. The molecule has 0 bridgehead atoms. The van der Waals surface area contributed by atoms with Gasteiger partial charge in [0.1, 0.15) is 0 Å². The van der Waals surface area contributed by atoms with E-state index in [0.29, 0.717) is 5.41 Å². The molecule has 0 aliphatic heterocycles. The van der Waals surface area contributed by atoms with Crippen LogP contribution >= 0.6 is 0 Å². The van der Waals surface area contributed by atoms with Crippen molar-refractivity contribution in [3.05, 3.63) is 0 Å². The first-order chi connectivity index (χ1) is 4.96. The van der Waals surface area contributed by atoms with Gasteiger partial charge in [0.15, 0.2) is 0 Å². The standard InChI is InChI=1S/C11H22/c1-8(2)11(5)6-9(3)10(4)7-11/h8-10H,6-7H2,1-5H3. The summed E-state index contributed by atoms with van der Waals surface area (Å²) >= 11 is 0. The van der Waals surface area contributed by atoms with E-state index >= 15 is 0 Å². The van der Waals surface area contributed by atoms with Gasteiger partial charge in [-0.05, 0) is 36.0 Å². The van der Waals surface area contributed by atoms with Gasteiger partial charge in [-0.15, -0.1) is 0 Å². The van der Waals surface area contributed by atoms with Crippen LogP contribution in [0.2, 0.25) is 0 Å². The van der Waals surface area contributed by atoms with E-state index in [-0.39, 0.29) is 0 Å². The van der Waals surface area contributed by atoms with Crippen LogP contribution in [0.25, 0.3) is 0 Å². The molecule has 0 amide bonds. The first-order valence-corrected chi connectivity index (χ1v) is 4.96. The van der Waals surface area contributed by atoms with Crippen molar-refractivity contribution in [1.29, 1.82) is 0 Å². The van der Waals surface area contributed by atoms with E-state index < -0.39 is 0 Å². The predicted molar refractivity (Wildman–Crippen MR) is 50.5 cm³/mol. The number of rotatable bonds is 1. The third kappa shape index (κ3) is 1.60. The lowest BCUT2D eigenvalue weighted by molar-refractivity contribution is 0.216. The minimum atomic E-state index is 0.638. The van der Waals surface area contributed by atoms with Gasteiger partial charge < -0.3 is 0 Å². The Morgan fingerprint density at radius 2 is 1.45 bits per heavy atom. The molecule has 0 radical (unpaired) electrons. The molecule has 66 valence electrons. The Bertz CT molecular complexity index is 125. The Balaban J connectivity index is 2.64. The van der Waals surface area contributed by atoms with Crippen molar-refractivity contribution < 1.29 is 0 Å². The zero-order chi connectivity index (χ0) is 8.65. The number of hydrogen-bond donors (Lipinski definition) is 0. The van der Waals surface area contributed by atoms with E-state index in [2.05, 4.69) is 34.6 Å². The Kier molecular flexibility index (Phi) is 2.32. The second-order valence-corrected chi connectivity index (χ2v) is 5.17. The molecule has 0 saturated heterocycles. The van der Waals surface area contributed by atoms with Gasteiger partial charge in [-0.2, -0.15) is 0 Å². The van der Waals surface area contributed by atoms with Gasteiger partial charge in [0.2, 0.25) is 0 Å². The van der Waals surface area contributed by atoms with Gasteiger partial charge in [0.05, 0.1) is 0 Å². The Morgan fingerprint density at radius 1 is 1.09 bits per heavy atom. The first kappa shape index (κ1) is 9.09. The van der Waals surface area contributed by atoms with Crippen molar-refractivity contribution in [3.63, 3.8) is 0 Å². The predicted octanol–water partition coefficient (Wildman–Crippen LogP) is 3.71. The zero-order valence-electron chi connectivity index (χ0n) is 8.65. The Labute approximate surface area is 71.4 Å². The van der Waals surface area contributed by atoms with Crippen LogP contribution in [0.15, 0.2) is 0 Å². The molecule has 0 aromatic heterocycles. The molecule has 0 nitrogen and oxygen atoms in total. The summed E-state index contributed by atoms with van der Waals surface area (Å²) in [4.78, 5) is 0. The molecule has 0 spiro atoms. The molecule has 2 unspecified atom stereocenters. The molecule has 1 aliphatic carbocycles. The first-order valence-electron chi connectivity index (χ1n) is 4.96. The SMILES string of the molecule is CC1CC(C)(C(C)C)CC1C. The molecule has 0 N–H and O–H groups in total. The Morgan fingerprint density at radius 3 is 1.64 bits per heavy atom. The molecule has 1 rings (SSSR count). The minimum Gasteiger partial charge on any atom is -0.0623 e. The van der Waals surface area contributed by atoms with Crippen LogP contribution in [0.1, 0.15) is 47.5 Å². The van der Waals surface area contributed by atoms with E-state index in [4.69, 9.17) is 0 Å². The largest absolute Gasteiger partial charge is 0.0623 e. The highest BCUT2D eigenvalue weighted by molar-refractivity contribution is 4.89. The van der Waals surface area contributed by atoms with Gasteiger partial charge in [-0.25, -0.2) is 0 Å². The zero-order valence-corrected chi connectivity index (χ0v) is 8.65. The Hall–Kier alpha value is 0. The smallest absolute Gasteiger partial charge is 0.0298 e. The average Bonchev–Trinajstić information content (AvgIpc) is 2.09. The highest BCUT2D eigenvalue weighted by atomic mass is 14.4. The van der Waals surface area contributed by atoms with Crippen LogP contribution in [0.3, 0.4) is 0 Å². The summed E-state index contributed by atoms with van der Waals surface area (Å²) in [7, 11) is 0. The number of hydrogen-bond acceptors (Lipinski definition) is 0. The third-order valence-corrected chi connectivity index (χ3v) is 3.94. The molecular weight excluding hydrogens is 132 g/mol. The molecule has 1 fully saturated rings. The summed E-state index contributed by atoms with van der Waals surface area (Å²) in [6, 6.07) is 0. The fraction of sp³-hybridized carbons (Fsp3) is 1.00. The topological polar surface area (TPSA) is 0 Å². The molecular formula is C11H22. The lowest BCUT2D eigenvalue weighted by Gasteiger charge is -2.28. The van der Waals surface area contributed by atoms with E-state index in [9.17, 15) is 0 Å². The summed E-state index contributed by atoms with van der Waals surface area (Å²) in [5.74, 6) is 2.75. The van der Waals surface area contributed by atoms with Gasteiger partial charge >= 0.3 is 0 Å². The summed E-state index contributed by atoms with van der Waals surface area (Å²) in [5, 5.41) is 0. The summed E-state index contributed by atoms with van der Waals surface area (Å²) in [5.41, 5.74) is 0.638. The molecule has 1 aliphatic rings. The second kappa shape index (κ2) is 2.80. The summed E-state index contributed by atoms with van der Waals surface area (Å²) in [6.45, 7) is 12.0. The maximum absolute atomic E-state index is 2.46. The highest BCUT2D eigenvalue weighted by Crippen LogP contribution is 2.49. The van der Waals surface area contributed by atoms with Crippen LogP contribution in [-0.2, 0) is 0 Å². The summed E-state index contributed by atoms with van der Waals surface area (Å²) in [6.07, 6.45) is 2.87. The van der Waals surface area contributed by atoms with Crippen molar-refractivity contribution in [2.45, 2.75) is 47.5 Å². The molecule has 0 heterocycles. The maximum atomic E-state index is 2.46. The average molecular weight is 154 g/mol. The minimum absolute atomic E-state index is 0.638. The van der Waals surface area contributed by atoms with Crippen molar-refractivity contribution in [2.75, 3.05) is 0 Å². The van der Waals surface area contributed by atoms with Gasteiger partial charge in [0, 0.05) is 0 Å². The third-order valence-electron chi connectivity index (χ3n) is 3.94. The molecule has 0 aromatic carbocycles. The van der Waals surface area contributed by atoms with Gasteiger partial charge in [-0.3, -0.25) is 0 Å². The fourth-order valence-corrected chi connectivity index (χ4v) is 2.43. The lowest BCUT2D eigenvalue weighted by Crippen LogP contribution is -2.19. The highest BCUT2D eigenvalue weighted by Gasteiger charge is 2.39. The fourth-order valence-electron chi connectivity index (χ4n) is 2.43. The molecule has 0 heteroatoms. The van der Waals surface area contributed by atoms with Crippen LogP contribution in [0.4, 0.5) is 0 Å². The van der Waals surface area contributed by atoms with Crippen LogP contribution < -0.4 is 0 Å².